The number of sulfonamides is 1. The van der Waals surface area contributed by atoms with Crippen molar-refractivity contribution in [3.05, 3.63) is 35.7 Å². The van der Waals surface area contributed by atoms with Crippen LogP contribution in [0.15, 0.2) is 33.7 Å². The maximum atomic E-state index is 12.4. The monoisotopic (exact) mass is 351 g/mol. The van der Waals surface area contributed by atoms with Gasteiger partial charge in [-0.1, -0.05) is 5.16 Å². The van der Waals surface area contributed by atoms with E-state index in [9.17, 15) is 8.42 Å². The molecule has 130 valence electrons. The van der Waals surface area contributed by atoms with Gasteiger partial charge in [0.1, 0.15) is 5.69 Å². The zero-order valence-electron chi connectivity index (χ0n) is 13.7. The first-order valence-electron chi connectivity index (χ1n) is 7.87. The third-order valence-electron chi connectivity index (χ3n) is 3.93. The Morgan fingerprint density at radius 1 is 1.21 bits per heavy atom. The number of nitrogens with one attached hydrogen (secondary N) is 2. The number of aryl methyl sites for hydroxylation is 2. The van der Waals surface area contributed by atoms with Crippen LogP contribution >= 0.6 is 0 Å². The molecule has 2 aromatic rings. The Bertz CT molecular complexity index is 774. The van der Waals surface area contributed by atoms with Crippen molar-refractivity contribution in [2.24, 2.45) is 0 Å². The van der Waals surface area contributed by atoms with E-state index in [2.05, 4.69) is 15.2 Å². The van der Waals surface area contributed by atoms with Gasteiger partial charge in [0.15, 0.2) is 10.7 Å². The number of ether oxygens (including phenoxy) is 1. The molecule has 0 radical (unpaired) electrons. The maximum absolute atomic E-state index is 12.4. The molecule has 24 heavy (non-hydrogen) atoms. The van der Waals surface area contributed by atoms with Crippen molar-refractivity contribution in [3.8, 4) is 0 Å². The van der Waals surface area contributed by atoms with Gasteiger partial charge in [-0.3, -0.25) is 4.72 Å². The Hall–Kier alpha value is -2.06. The number of anilines is 2. The van der Waals surface area contributed by atoms with Gasteiger partial charge in [-0.25, -0.2) is 8.42 Å². The molecule has 1 fully saturated rings. The zero-order valence-corrected chi connectivity index (χ0v) is 14.5. The Kier molecular flexibility index (Phi) is 4.77. The predicted octanol–water partition coefficient (Wildman–Crippen LogP) is 2.68. The summed E-state index contributed by atoms with van der Waals surface area (Å²) in [4.78, 5) is 0.0862. The van der Waals surface area contributed by atoms with Gasteiger partial charge >= 0.3 is 0 Å². The predicted molar refractivity (Wildman–Crippen MR) is 90.7 cm³/mol. The Labute approximate surface area is 141 Å². The van der Waals surface area contributed by atoms with Crippen molar-refractivity contribution < 1.29 is 17.7 Å². The van der Waals surface area contributed by atoms with Gasteiger partial charge in [0, 0.05) is 24.5 Å². The van der Waals surface area contributed by atoms with Gasteiger partial charge < -0.3 is 14.6 Å². The fraction of sp³-hybridized carbons (Fsp3) is 0.438. The number of hydrogen-bond donors (Lipinski definition) is 2. The molecule has 7 nitrogen and oxygen atoms in total. The minimum atomic E-state index is -3.72. The first-order valence-corrected chi connectivity index (χ1v) is 9.35. The zero-order chi connectivity index (χ0) is 17.2. The highest BCUT2D eigenvalue weighted by molar-refractivity contribution is 7.92. The summed E-state index contributed by atoms with van der Waals surface area (Å²) in [5.41, 5.74) is 1.75. The van der Waals surface area contributed by atoms with E-state index in [1.807, 2.05) is 12.1 Å². The van der Waals surface area contributed by atoms with Gasteiger partial charge in [-0.15, -0.1) is 0 Å². The third-order valence-corrected chi connectivity index (χ3v) is 5.56. The van der Waals surface area contributed by atoms with Gasteiger partial charge in [-0.2, -0.15) is 0 Å². The fourth-order valence-corrected chi connectivity index (χ4v) is 4.15. The van der Waals surface area contributed by atoms with Crippen LogP contribution in [0.25, 0.3) is 0 Å². The van der Waals surface area contributed by atoms with Crippen molar-refractivity contribution in [1.82, 2.24) is 5.16 Å². The van der Waals surface area contributed by atoms with E-state index in [1.54, 1.807) is 26.0 Å². The molecule has 1 atom stereocenters. The molecule has 0 aliphatic carbocycles. The molecular formula is C16H21N3O4S. The molecule has 1 aromatic carbocycles. The molecule has 3 rings (SSSR count). The summed E-state index contributed by atoms with van der Waals surface area (Å²) in [5.74, 6) is 0.273. The van der Waals surface area contributed by atoms with Crippen molar-refractivity contribution in [2.45, 2.75) is 37.7 Å². The second kappa shape index (κ2) is 6.82. The average molecular weight is 351 g/mol. The van der Waals surface area contributed by atoms with E-state index in [0.717, 1.165) is 31.7 Å². The topological polar surface area (TPSA) is 93.5 Å². The Morgan fingerprint density at radius 3 is 2.50 bits per heavy atom. The average Bonchev–Trinajstić information content (AvgIpc) is 3.16. The third kappa shape index (κ3) is 3.70. The van der Waals surface area contributed by atoms with Gasteiger partial charge in [0.2, 0.25) is 0 Å². The quantitative estimate of drug-likeness (QED) is 0.831. The summed E-state index contributed by atoms with van der Waals surface area (Å²) in [6.07, 6.45) is 2.43. The lowest BCUT2D eigenvalue weighted by Crippen LogP contribution is -2.18. The second-order valence-corrected chi connectivity index (χ2v) is 7.47. The van der Waals surface area contributed by atoms with Crippen LogP contribution in [0.5, 0.6) is 0 Å². The number of benzene rings is 1. The number of hydrogen-bond acceptors (Lipinski definition) is 6. The molecule has 1 aliphatic rings. The SMILES string of the molecule is Cc1noc(C)c1S(=O)(=O)Nc1ccc(NCC2CCCO2)cc1. The van der Waals surface area contributed by atoms with Crippen molar-refractivity contribution in [2.75, 3.05) is 23.2 Å². The van der Waals surface area contributed by atoms with Gasteiger partial charge in [0.25, 0.3) is 10.0 Å². The largest absolute Gasteiger partial charge is 0.382 e. The summed E-state index contributed by atoms with van der Waals surface area (Å²) in [5, 5.41) is 6.98. The Morgan fingerprint density at radius 2 is 1.92 bits per heavy atom. The summed E-state index contributed by atoms with van der Waals surface area (Å²) in [6.45, 7) is 4.76. The van der Waals surface area contributed by atoms with E-state index in [1.165, 1.54) is 0 Å². The van der Waals surface area contributed by atoms with E-state index in [-0.39, 0.29) is 16.8 Å². The second-order valence-electron chi connectivity index (χ2n) is 5.85. The minimum absolute atomic E-state index is 0.0862. The maximum Gasteiger partial charge on any atom is 0.267 e. The minimum Gasteiger partial charge on any atom is -0.382 e. The van der Waals surface area contributed by atoms with E-state index in [0.29, 0.717) is 11.4 Å². The van der Waals surface area contributed by atoms with Crippen LogP contribution in [0.3, 0.4) is 0 Å². The molecule has 1 aromatic heterocycles. The Balaban J connectivity index is 1.65. The lowest BCUT2D eigenvalue weighted by Gasteiger charge is -2.13. The highest BCUT2D eigenvalue weighted by atomic mass is 32.2. The molecule has 1 unspecified atom stereocenters. The van der Waals surface area contributed by atoms with Crippen LogP contribution in [-0.2, 0) is 14.8 Å². The molecule has 0 bridgehead atoms. The number of aromatic nitrogens is 1. The van der Waals surface area contributed by atoms with Crippen LogP contribution in [-0.4, -0.2) is 32.8 Å². The molecule has 2 heterocycles. The molecule has 0 amide bonds. The summed E-state index contributed by atoms with van der Waals surface area (Å²) in [6, 6.07) is 7.10. The number of nitrogens with zero attached hydrogens (tertiary/aromatic N) is 1. The highest BCUT2D eigenvalue weighted by Crippen LogP contribution is 2.23. The van der Waals surface area contributed by atoms with E-state index < -0.39 is 10.0 Å². The fourth-order valence-electron chi connectivity index (χ4n) is 2.76. The first-order chi connectivity index (χ1) is 11.5. The van der Waals surface area contributed by atoms with Gasteiger partial charge in [0.05, 0.1) is 6.10 Å². The van der Waals surface area contributed by atoms with Crippen molar-refractivity contribution in [1.29, 1.82) is 0 Å². The molecule has 0 spiro atoms. The molecule has 1 saturated heterocycles. The normalized spacial score (nSPS) is 17.8. The van der Waals surface area contributed by atoms with Gasteiger partial charge in [-0.05, 0) is 51.0 Å². The molecule has 8 heteroatoms. The van der Waals surface area contributed by atoms with Crippen LogP contribution in [0, 0.1) is 13.8 Å². The first kappa shape index (κ1) is 16.8. The lowest BCUT2D eigenvalue weighted by molar-refractivity contribution is 0.120. The lowest BCUT2D eigenvalue weighted by atomic mass is 10.2. The van der Waals surface area contributed by atoms with E-state index in [4.69, 9.17) is 9.26 Å². The summed E-state index contributed by atoms with van der Waals surface area (Å²) < 4.78 is 37.9. The smallest absolute Gasteiger partial charge is 0.267 e. The van der Waals surface area contributed by atoms with E-state index >= 15 is 0 Å². The number of rotatable bonds is 6. The summed E-state index contributed by atoms with van der Waals surface area (Å²) in [7, 11) is -3.72. The molecule has 0 saturated carbocycles. The molecule has 2 N–H and O–H groups in total. The molecular weight excluding hydrogens is 330 g/mol. The standard InChI is InChI=1S/C16H21N3O4S/c1-11-16(12(2)23-18-11)24(20,21)19-14-7-5-13(6-8-14)17-10-15-4-3-9-22-15/h5-8,15,17,19H,3-4,9-10H2,1-2H3. The summed E-state index contributed by atoms with van der Waals surface area (Å²) >= 11 is 0. The van der Waals surface area contributed by atoms with Crippen molar-refractivity contribution >= 4 is 21.4 Å². The molecule has 1 aliphatic heterocycles. The highest BCUT2D eigenvalue weighted by Gasteiger charge is 2.24. The van der Waals surface area contributed by atoms with Crippen LogP contribution < -0.4 is 10.0 Å². The van der Waals surface area contributed by atoms with Crippen molar-refractivity contribution in [3.63, 3.8) is 0 Å². The van der Waals surface area contributed by atoms with Crippen LogP contribution in [0.4, 0.5) is 11.4 Å². The van der Waals surface area contributed by atoms with Crippen LogP contribution in [0.2, 0.25) is 0 Å². The van der Waals surface area contributed by atoms with Crippen LogP contribution in [0.1, 0.15) is 24.3 Å².